The van der Waals surface area contributed by atoms with E-state index in [0.29, 0.717) is 19.3 Å². The standard InChI is InChI=1S/C56H108O6/c1-6-7-8-9-29-36-41-46-54(57)60-49-53(62-56(59)48-43-38-33-28-24-20-16-18-22-26-31-35-40-45-52(4)5)50-61-55(58)47-42-37-32-27-23-19-15-13-11-10-12-14-17-21-25-30-34-39-44-51(2)3/h51-53H,6-50H2,1-5H3/t53-/m1/s1. The molecule has 0 amide bonds. The molecule has 0 rings (SSSR count). The van der Waals surface area contributed by atoms with Crippen molar-refractivity contribution in [3.8, 4) is 0 Å². The van der Waals surface area contributed by atoms with Crippen molar-refractivity contribution in [2.24, 2.45) is 11.8 Å². The van der Waals surface area contributed by atoms with Crippen LogP contribution in [0.3, 0.4) is 0 Å². The first-order valence-electron chi connectivity index (χ1n) is 27.7. The van der Waals surface area contributed by atoms with E-state index in [-0.39, 0.29) is 31.1 Å². The molecule has 6 heteroatoms. The molecular formula is C56H108O6. The number of rotatable bonds is 50. The number of ether oxygens (including phenoxy) is 3. The SMILES string of the molecule is CCCCCCCCCC(=O)OC[C@H](COC(=O)CCCCCCCCCCCCCCCCCCCCC(C)C)OC(=O)CCCCCCCCCCCCCCCC(C)C. The van der Waals surface area contributed by atoms with Crippen LogP contribution in [0.2, 0.25) is 0 Å². The molecule has 0 spiro atoms. The van der Waals surface area contributed by atoms with E-state index in [9.17, 15) is 14.4 Å². The first-order valence-corrected chi connectivity index (χ1v) is 27.7. The second kappa shape index (κ2) is 48.9. The Bertz CT molecular complexity index is 947. The Labute approximate surface area is 387 Å². The van der Waals surface area contributed by atoms with Crippen LogP contribution in [0.4, 0.5) is 0 Å². The van der Waals surface area contributed by atoms with E-state index < -0.39 is 6.10 Å². The summed E-state index contributed by atoms with van der Waals surface area (Å²) in [6, 6.07) is 0. The first kappa shape index (κ1) is 60.4. The Morgan fingerprint density at radius 3 is 0.790 bits per heavy atom. The fraction of sp³-hybridized carbons (Fsp3) is 0.946. The lowest BCUT2D eigenvalue weighted by Gasteiger charge is -2.18. The lowest BCUT2D eigenvalue weighted by atomic mass is 10.0. The Morgan fingerprint density at radius 2 is 0.532 bits per heavy atom. The number of hydrogen-bond acceptors (Lipinski definition) is 6. The highest BCUT2D eigenvalue weighted by Gasteiger charge is 2.19. The molecule has 0 aliphatic rings. The van der Waals surface area contributed by atoms with Crippen molar-refractivity contribution in [2.45, 2.75) is 317 Å². The molecule has 0 heterocycles. The fourth-order valence-corrected chi connectivity index (χ4v) is 8.52. The van der Waals surface area contributed by atoms with Crippen LogP contribution in [-0.4, -0.2) is 37.2 Å². The average molecular weight is 877 g/mol. The minimum atomic E-state index is -0.761. The second-order valence-corrected chi connectivity index (χ2v) is 20.2. The van der Waals surface area contributed by atoms with Crippen molar-refractivity contribution in [2.75, 3.05) is 13.2 Å². The highest BCUT2D eigenvalue weighted by molar-refractivity contribution is 5.71. The predicted molar refractivity (Wildman–Crippen MR) is 266 cm³/mol. The molecule has 0 aromatic rings. The maximum Gasteiger partial charge on any atom is 0.306 e. The van der Waals surface area contributed by atoms with Gasteiger partial charge in [0.1, 0.15) is 13.2 Å². The van der Waals surface area contributed by atoms with Crippen molar-refractivity contribution < 1.29 is 28.6 Å². The number of carbonyl (C=O) groups excluding carboxylic acids is 3. The van der Waals surface area contributed by atoms with Crippen molar-refractivity contribution >= 4 is 17.9 Å². The molecule has 0 aliphatic carbocycles. The van der Waals surface area contributed by atoms with Crippen LogP contribution in [0.15, 0.2) is 0 Å². The van der Waals surface area contributed by atoms with E-state index in [0.717, 1.165) is 69.6 Å². The summed E-state index contributed by atoms with van der Waals surface area (Å²) >= 11 is 0. The Balaban J connectivity index is 4.13. The van der Waals surface area contributed by atoms with Gasteiger partial charge in [0.15, 0.2) is 6.10 Å². The topological polar surface area (TPSA) is 78.9 Å². The molecule has 1 atom stereocenters. The lowest BCUT2D eigenvalue weighted by Crippen LogP contribution is -2.30. The first-order chi connectivity index (χ1) is 30.2. The molecule has 62 heavy (non-hydrogen) atoms. The van der Waals surface area contributed by atoms with Crippen molar-refractivity contribution in [3.05, 3.63) is 0 Å². The van der Waals surface area contributed by atoms with Gasteiger partial charge in [-0.15, -0.1) is 0 Å². The summed E-state index contributed by atoms with van der Waals surface area (Å²) in [7, 11) is 0. The Kier molecular flexibility index (Phi) is 47.6. The highest BCUT2D eigenvalue weighted by Crippen LogP contribution is 2.18. The second-order valence-electron chi connectivity index (χ2n) is 20.2. The third kappa shape index (κ3) is 49.4. The molecular weight excluding hydrogens is 769 g/mol. The van der Waals surface area contributed by atoms with Gasteiger partial charge in [0.05, 0.1) is 0 Å². The monoisotopic (exact) mass is 877 g/mol. The third-order valence-corrected chi connectivity index (χ3v) is 12.7. The lowest BCUT2D eigenvalue weighted by molar-refractivity contribution is -0.167. The zero-order valence-electron chi connectivity index (χ0n) is 42.5. The van der Waals surface area contributed by atoms with Crippen molar-refractivity contribution in [3.63, 3.8) is 0 Å². The summed E-state index contributed by atoms with van der Waals surface area (Å²) in [5.74, 6) is 0.848. The summed E-state index contributed by atoms with van der Waals surface area (Å²) < 4.78 is 16.8. The third-order valence-electron chi connectivity index (χ3n) is 12.7. The summed E-state index contributed by atoms with van der Waals surface area (Å²) in [5.41, 5.74) is 0. The van der Waals surface area contributed by atoms with E-state index in [1.165, 1.54) is 199 Å². The van der Waals surface area contributed by atoms with Crippen LogP contribution in [0.1, 0.15) is 311 Å². The van der Waals surface area contributed by atoms with Gasteiger partial charge >= 0.3 is 17.9 Å². The van der Waals surface area contributed by atoms with Gasteiger partial charge in [-0.3, -0.25) is 14.4 Å². The van der Waals surface area contributed by atoms with Gasteiger partial charge in [-0.25, -0.2) is 0 Å². The average Bonchev–Trinajstić information content (AvgIpc) is 3.24. The van der Waals surface area contributed by atoms with Gasteiger partial charge in [0.25, 0.3) is 0 Å². The number of hydrogen-bond donors (Lipinski definition) is 0. The summed E-state index contributed by atoms with van der Waals surface area (Å²) in [4.78, 5) is 37.9. The fourth-order valence-electron chi connectivity index (χ4n) is 8.52. The number of unbranched alkanes of at least 4 members (excludes halogenated alkanes) is 35. The molecule has 0 aromatic carbocycles. The largest absolute Gasteiger partial charge is 0.462 e. The molecule has 0 N–H and O–H groups in total. The maximum atomic E-state index is 12.8. The van der Waals surface area contributed by atoms with Crippen LogP contribution in [0.5, 0.6) is 0 Å². The Hall–Kier alpha value is -1.59. The smallest absolute Gasteiger partial charge is 0.306 e. The van der Waals surface area contributed by atoms with Crippen molar-refractivity contribution in [1.29, 1.82) is 0 Å². The molecule has 0 aromatic heterocycles. The molecule has 0 unspecified atom stereocenters. The summed E-state index contributed by atoms with van der Waals surface area (Å²) in [6.07, 6.45) is 51.1. The highest BCUT2D eigenvalue weighted by atomic mass is 16.6. The van der Waals surface area contributed by atoms with E-state index >= 15 is 0 Å². The maximum absolute atomic E-state index is 12.8. The van der Waals surface area contributed by atoms with Crippen LogP contribution in [0.25, 0.3) is 0 Å². The van der Waals surface area contributed by atoms with Gasteiger partial charge < -0.3 is 14.2 Å². The van der Waals surface area contributed by atoms with Crippen LogP contribution in [0, 0.1) is 11.8 Å². The minimum Gasteiger partial charge on any atom is -0.462 e. The molecule has 0 saturated carbocycles. The number of esters is 3. The van der Waals surface area contributed by atoms with Gasteiger partial charge in [0.2, 0.25) is 0 Å². The minimum absolute atomic E-state index is 0.0634. The van der Waals surface area contributed by atoms with E-state index in [1.807, 2.05) is 0 Å². The van der Waals surface area contributed by atoms with Gasteiger partial charge in [-0.1, -0.05) is 272 Å². The molecule has 0 aliphatic heterocycles. The van der Waals surface area contributed by atoms with Crippen molar-refractivity contribution in [1.82, 2.24) is 0 Å². The molecule has 0 saturated heterocycles. The zero-order valence-corrected chi connectivity index (χ0v) is 42.5. The molecule has 0 radical (unpaired) electrons. The molecule has 368 valence electrons. The van der Waals surface area contributed by atoms with E-state index in [4.69, 9.17) is 14.2 Å². The van der Waals surface area contributed by atoms with E-state index in [1.54, 1.807) is 0 Å². The molecule has 0 bridgehead atoms. The van der Waals surface area contributed by atoms with Gasteiger partial charge in [-0.2, -0.15) is 0 Å². The molecule has 6 nitrogen and oxygen atoms in total. The quantitative estimate of drug-likeness (QED) is 0.0344. The van der Waals surface area contributed by atoms with Gasteiger partial charge in [0, 0.05) is 19.3 Å². The van der Waals surface area contributed by atoms with Crippen LogP contribution in [-0.2, 0) is 28.6 Å². The van der Waals surface area contributed by atoms with Crippen LogP contribution >= 0.6 is 0 Å². The predicted octanol–water partition coefficient (Wildman–Crippen LogP) is 18.1. The molecule has 0 fully saturated rings. The summed E-state index contributed by atoms with van der Waals surface area (Å²) in [6.45, 7) is 11.4. The van der Waals surface area contributed by atoms with Gasteiger partial charge in [-0.05, 0) is 31.1 Å². The van der Waals surface area contributed by atoms with Crippen LogP contribution < -0.4 is 0 Å². The normalized spacial score (nSPS) is 12.0. The van der Waals surface area contributed by atoms with E-state index in [2.05, 4.69) is 34.6 Å². The Morgan fingerprint density at radius 1 is 0.306 bits per heavy atom. The number of carbonyl (C=O) groups is 3. The summed E-state index contributed by atoms with van der Waals surface area (Å²) in [5, 5.41) is 0. The zero-order chi connectivity index (χ0) is 45.4.